The van der Waals surface area contributed by atoms with E-state index in [4.69, 9.17) is 10.5 Å². The van der Waals surface area contributed by atoms with Gasteiger partial charge in [0, 0.05) is 0 Å². The zero-order chi connectivity index (χ0) is 16.1. The molecule has 0 atom stereocenters. The number of nitrogen functional groups attached to an aromatic ring is 1. The van der Waals surface area contributed by atoms with Gasteiger partial charge in [0.1, 0.15) is 0 Å². The molecule has 0 aliphatic heterocycles. The average Bonchev–Trinajstić information content (AvgIpc) is 2.90. The lowest BCUT2D eigenvalue weighted by Crippen LogP contribution is -2.16. The van der Waals surface area contributed by atoms with Gasteiger partial charge in [0.2, 0.25) is 5.95 Å². The third-order valence-corrected chi connectivity index (χ3v) is 4.18. The van der Waals surface area contributed by atoms with Crippen LogP contribution < -0.4 is 5.73 Å². The first-order chi connectivity index (χ1) is 11.2. The highest BCUT2D eigenvalue weighted by Crippen LogP contribution is 2.21. The number of anilines is 1. The zero-order valence-electron chi connectivity index (χ0n) is 13.6. The number of aromatic nitrogens is 2. The van der Waals surface area contributed by atoms with Crippen molar-refractivity contribution in [1.82, 2.24) is 9.66 Å². The van der Waals surface area contributed by atoms with Gasteiger partial charge in [-0.05, 0) is 30.9 Å². The van der Waals surface area contributed by atoms with Gasteiger partial charge in [-0.2, -0.15) is 5.10 Å². The molecule has 1 aliphatic carbocycles. The van der Waals surface area contributed by atoms with E-state index < -0.39 is 0 Å². The van der Waals surface area contributed by atoms with E-state index in [0.29, 0.717) is 18.7 Å². The molecule has 2 N–H and O–H groups in total. The highest BCUT2D eigenvalue weighted by Gasteiger charge is 2.13. The smallest absolute Gasteiger partial charge is 0.221 e. The average molecular weight is 312 g/mol. The summed E-state index contributed by atoms with van der Waals surface area (Å²) in [7, 11) is 0. The second-order valence-corrected chi connectivity index (χ2v) is 6.14. The van der Waals surface area contributed by atoms with Crippen molar-refractivity contribution in [3.63, 3.8) is 0 Å². The third-order valence-electron chi connectivity index (χ3n) is 4.18. The molecule has 2 aromatic rings. The maximum atomic E-state index is 5.99. The van der Waals surface area contributed by atoms with E-state index in [-0.39, 0.29) is 0 Å². The fourth-order valence-electron chi connectivity index (χ4n) is 2.87. The third kappa shape index (κ3) is 4.42. The van der Waals surface area contributed by atoms with E-state index in [2.05, 4.69) is 22.2 Å². The van der Waals surface area contributed by atoms with Gasteiger partial charge in [-0.3, -0.25) is 0 Å². The fraction of sp³-hybridized carbons (Fsp3) is 0.444. The molecule has 0 radical (unpaired) electrons. The quantitative estimate of drug-likeness (QED) is 0.859. The van der Waals surface area contributed by atoms with Gasteiger partial charge in [-0.15, -0.1) is 0 Å². The number of nitrogens with zero attached hydrogens (tertiary/aromatic N) is 3. The van der Waals surface area contributed by atoms with Crippen LogP contribution in [-0.2, 0) is 11.3 Å². The van der Waals surface area contributed by atoms with E-state index in [1.165, 1.54) is 37.7 Å². The molecular weight excluding hydrogens is 288 g/mol. The first kappa shape index (κ1) is 15.7. The Morgan fingerprint density at radius 1 is 1.26 bits per heavy atom. The minimum absolute atomic E-state index is 0.399. The van der Waals surface area contributed by atoms with Crippen LogP contribution in [0.1, 0.15) is 48.9 Å². The Hall–Kier alpha value is -2.14. The molecule has 5 nitrogen and oxygen atoms in total. The predicted octanol–water partition coefficient (Wildman–Crippen LogP) is 3.51. The molecule has 1 aromatic carbocycles. The number of aryl methyl sites for hydroxylation is 1. The lowest BCUT2D eigenvalue weighted by Gasteiger charge is -2.22. The van der Waals surface area contributed by atoms with Crippen molar-refractivity contribution in [3.05, 3.63) is 47.3 Å². The number of imidazole rings is 1. The monoisotopic (exact) mass is 312 g/mol. The second kappa shape index (κ2) is 7.42. The van der Waals surface area contributed by atoms with E-state index in [1.807, 2.05) is 19.1 Å². The van der Waals surface area contributed by atoms with Crippen molar-refractivity contribution in [2.75, 3.05) is 5.73 Å². The molecule has 0 amide bonds. The van der Waals surface area contributed by atoms with E-state index in [0.717, 1.165) is 11.3 Å². The highest BCUT2D eigenvalue weighted by molar-refractivity contribution is 5.79. The molecule has 1 fully saturated rings. The summed E-state index contributed by atoms with van der Waals surface area (Å²) in [5.74, 6) is 0.399. The van der Waals surface area contributed by atoms with Crippen LogP contribution in [0.15, 0.2) is 35.6 Å². The largest absolute Gasteiger partial charge is 0.374 e. The standard InChI is InChI=1S/C18H24N4O/c1-14-12-22(18(19)21-14)20-11-15-7-9-16(10-8-15)13-23-17-5-3-2-4-6-17/h7-12,17H,2-6,13H2,1H3,(H2,19,21). The molecule has 5 heteroatoms. The molecule has 0 bridgehead atoms. The topological polar surface area (TPSA) is 65.4 Å². The lowest BCUT2D eigenvalue weighted by molar-refractivity contribution is 0.0169. The summed E-state index contributed by atoms with van der Waals surface area (Å²) in [6, 6.07) is 8.27. The Morgan fingerprint density at radius 2 is 2.00 bits per heavy atom. The van der Waals surface area contributed by atoms with Gasteiger partial charge in [0.15, 0.2) is 0 Å². The van der Waals surface area contributed by atoms with Gasteiger partial charge in [0.25, 0.3) is 0 Å². The number of nitrogens with two attached hydrogens (primary N) is 1. The zero-order valence-corrected chi connectivity index (χ0v) is 13.6. The Balaban J connectivity index is 1.55. The molecule has 1 saturated carbocycles. The van der Waals surface area contributed by atoms with Crippen molar-refractivity contribution < 1.29 is 4.74 Å². The summed E-state index contributed by atoms with van der Waals surface area (Å²) in [6.45, 7) is 2.58. The minimum Gasteiger partial charge on any atom is -0.374 e. The van der Waals surface area contributed by atoms with Crippen LogP contribution in [0.4, 0.5) is 5.95 Å². The molecule has 122 valence electrons. The second-order valence-electron chi connectivity index (χ2n) is 6.14. The number of hydrogen-bond donors (Lipinski definition) is 1. The number of rotatable bonds is 5. The van der Waals surface area contributed by atoms with Crippen LogP contribution in [0.2, 0.25) is 0 Å². The number of benzene rings is 1. The van der Waals surface area contributed by atoms with Crippen LogP contribution >= 0.6 is 0 Å². The van der Waals surface area contributed by atoms with Crippen molar-refractivity contribution in [2.45, 2.75) is 51.7 Å². The number of ether oxygens (including phenoxy) is 1. The Morgan fingerprint density at radius 3 is 2.65 bits per heavy atom. The summed E-state index contributed by atoms with van der Waals surface area (Å²) >= 11 is 0. The number of hydrogen-bond acceptors (Lipinski definition) is 4. The molecule has 1 aliphatic rings. The molecular formula is C18H24N4O. The fourth-order valence-corrected chi connectivity index (χ4v) is 2.87. The van der Waals surface area contributed by atoms with E-state index in [1.54, 1.807) is 17.1 Å². The van der Waals surface area contributed by atoms with Crippen molar-refractivity contribution in [2.24, 2.45) is 5.10 Å². The van der Waals surface area contributed by atoms with Gasteiger partial charge in [0.05, 0.1) is 30.8 Å². The SMILES string of the molecule is Cc1cn(N=Cc2ccc(COC3CCCCC3)cc2)c(N)n1. The Labute approximate surface area is 137 Å². The van der Waals surface area contributed by atoms with Crippen molar-refractivity contribution in [3.8, 4) is 0 Å². The first-order valence-electron chi connectivity index (χ1n) is 8.27. The maximum absolute atomic E-state index is 5.99. The molecule has 0 unspecified atom stereocenters. The van der Waals surface area contributed by atoms with Gasteiger partial charge < -0.3 is 10.5 Å². The summed E-state index contributed by atoms with van der Waals surface area (Å²) in [6.07, 6.45) is 10.4. The molecule has 0 saturated heterocycles. The van der Waals surface area contributed by atoms with Crippen LogP contribution in [-0.4, -0.2) is 22.0 Å². The van der Waals surface area contributed by atoms with E-state index in [9.17, 15) is 0 Å². The van der Waals surface area contributed by atoms with Gasteiger partial charge in [-0.1, -0.05) is 43.5 Å². The van der Waals surface area contributed by atoms with Crippen LogP contribution in [0, 0.1) is 6.92 Å². The van der Waals surface area contributed by atoms with Gasteiger partial charge in [-0.25, -0.2) is 9.66 Å². The first-order valence-corrected chi connectivity index (χ1v) is 8.27. The molecule has 1 aromatic heterocycles. The summed E-state index contributed by atoms with van der Waals surface area (Å²) in [4.78, 5) is 4.12. The van der Waals surface area contributed by atoms with Crippen molar-refractivity contribution >= 4 is 12.2 Å². The summed E-state index contributed by atoms with van der Waals surface area (Å²) in [5, 5.41) is 4.32. The summed E-state index contributed by atoms with van der Waals surface area (Å²) in [5.41, 5.74) is 8.84. The van der Waals surface area contributed by atoms with Gasteiger partial charge >= 0.3 is 0 Å². The van der Waals surface area contributed by atoms with Crippen molar-refractivity contribution in [1.29, 1.82) is 0 Å². The Bertz CT molecular complexity index is 654. The molecule has 23 heavy (non-hydrogen) atoms. The molecule has 3 rings (SSSR count). The predicted molar refractivity (Wildman–Crippen MR) is 92.5 cm³/mol. The lowest BCUT2D eigenvalue weighted by atomic mass is 9.98. The normalized spacial score (nSPS) is 16.2. The highest BCUT2D eigenvalue weighted by atomic mass is 16.5. The summed E-state index contributed by atoms with van der Waals surface area (Å²) < 4.78 is 7.57. The molecule has 1 heterocycles. The van der Waals surface area contributed by atoms with Crippen LogP contribution in [0.25, 0.3) is 0 Å². The minimum atomic E-state index is 0.399. The van der Waals surface area contributed by atoms with Crippen LogP contribution in [0.5, 0.6) is 0 Å². The Kier molecular flexibility index (Phi) is 5.08. The maximum Gasteiger partial charge on any atom is 0.221 e. The van der Waals surface area contributed by atoms with E-state index >= 15 is 0 Å². The van der Waals surface area contributed by atoms with Crippen LogP contribution in [0.3, 0.4) is 0 Å². The molecule has 0 spiro atoms.